The zero-order valence-corrected chi connectivity index (χ0v) is 16.4. The average Bonchev–Trinajstić information content (AvgIpc) is 3.33. The zero-order chi connectivity index (χ0) is 21.0. The van der Waals surface area contributed by atoms with Gasteiger partial charge in [0.2, 0.25) is 5.76 Å². The largest absolute Gasteiger partial charge is 0.467 e. The maximum absolute atomic E-state index is 13.5. The summed E-state index contributed by atoms with van der Waals surface area (Å²) in [5.41, 5.74) is 2.97. The monoisotopic (exact) mass is 403 g/mol. The van der Waals surface area contributed by atoms with Crippen LogP contribution in [-0.4, -0.2) is 10.8 Å². The highest BCUT2D eigenvalue weighted by molar-refractivity contribution is 5.99. The zero-order valence-electron chi connectivity index (χ0n) is 16.4. The maximum Gasteiger partial charge on any atom is 0.291 e. The average molecular weight is 403 g/mol. The van der Waals surface area contributed by atoms with Gasteiger partial charge in [-0.3, -0.25) is 9.59 Å². The molecule has 0 spiro atoms. The second-order valence-corrected chi connectivity index (χ2v) is 7.57. The fourth-order valence-electron chi connectivity index (χ4n) is 4.00. The molecule has 0 radical (unpaired) electrons. The van der Waals surface area contributed by atoms with Gasteiger partial charge in [-0.05, 0) is 66.9 Å². The molecule has 5 rings (SSSR count). The molecule has 0 unspecified atom stereocenters. The lowest BCUT2D eigenvalue weighted by atomic mass is 9.97. The van der Waals surface area contributed by atoms with Gasteiger partial charge in [-0.25, -0.2) is 4.39 Å². The van der Waals surface area contributed by atoms with Gasteiger partial charge in [-0.1, -0.05) is 12.1 Å². The fraction of sp³-hybridized carbons (Fsp3) is 0.167. The van der Waals surface area contributed by atoms with Gasteiger partial charge < -0.3 is 13.7 Å². The third-order valence-corrected chi connectivity index (χ3v) is 5.67. The number of rotatable bonds is 3. The minimum Gasteiger partial charge on any atom is -0.467 e. The van der Waals surface area contributed by atoms with E-state index in [4.69, 9.17) is 8.83 Å². The van der Waals surface area contributed by atoms with Crippen LogP contribution in [0.2, 0.25) is 0 Å². The molecule has 4 aromatic rings. The van der Waals surface area contributed by atoms with Gasteiger partial charge in [0.25, 0.3) is 5.91 Å². The molecule has 0 fully saturated rings. The molecular formula is C24H18FNO4. The first-order chi connectivity index (χ1) is 14.4. The summed E-state index contributed by atoms with van der Waals surface area (Å²) in [6.07, 6.45) is 1.53. The molecule has 1 aliphatic heterocycles. The molecule has 5 nitrogen and oxygen atoms in total. The summed E-state index contributed by atoms with van der Waals surface area (Å²) >= 11 is 0. The van der Waals surface area contributed by atoms with Crippen molar-refractivity contribution in [2.24, 2.45) is 0 Å². The summed E-state index contributed by atoms with van der Waals surface area (Å²) in [6.45, 7) is 4.01. The van der Waals surface area contributed by atoms with E-state index in [-0.39, 0.29) is 23.3 Å². The molecule has 150 valence electrons. The normalized spacial score (nSPS) is 15.8. The first-order valence-corrected chi connectivity index (χ1v) is 9.61. The van der Waals surface area contributed by atoms with E-state index in [1.54, 1.807) is 36.4 Å². The molecule has 0 N–H and O–H groups in total. The Morgan fingerprint density at radius 2 is 1.77 bits per heavy atom. The Labute approximate surface area is 171 Å². The number of benzene rings is 2. The van der Waals surface area contributed by atoms with Crippen molar-refractivity contribution in [3.8, 4) is 0 Å². The predicted molar refractivity (Wildman–Crippen MR) is 109 cm³/mol. The molecule has 1 aliphatic rings. The van der Waals surface area contributed by atoms with Crippen LogP contribution in [0.3, 0.4) is 0 Å². The Morgan fingerprint density at radius 1 is 1.03 bits per heavy atom. The number of amides is 1. The first kappa shape index (κ1) is 18.4. The Kier molecular flexibility index (Phi) is 4.10. The quantitative estimate of drug-likeness (QED) is 0.489. The number of halogens is 1. The lowest BCUT2D eigenvalue weighted by Gasteiger charge is -2.24. The predicted octanol–water partition coefficient (Wildman–Crippen LogP) is 4.89. The number of furan rings is 1. The van der Waals surface area contributed by atoms with Gasteiger partial charge in [0.1, 0.15) is 17.2 Å². The van der Waals surface area contributed by atoms with E-state index < -0.39 is 17.8 Å². The molecular weight excluding hydrogens is 385 g/mol. The van der Waals surface area contributed by atoms with Gasteiger partial charge >= 0.3 is 0 Å². The van der Waals surface area contributed by atoms with Crippen LogP contribution in [0.5, 0.6) is 0 Å². The van der Waals surface area contributed by atoms with Gasteiger partial charge in [0.15, 0.2) is 5.43 Å². The Bertz CT molecular complexity index is 1340. The SMILES string of the molecule is Cc1cc2oc3c(c(=O)c2cc1C)[C@@H](c1ccc(F)cc1)N(Cc1ccco1)C3=O. The van der Waals surface area contributed by atoms with Crippen molar-refractivity contribution in [3.05, 3.63) is 105 Å². The number of fused-ring (bicyclic) bond motifs is 2. The maximum atomic E-state index is 13.5. The van der Waals surface area contributed by atoms with Crippen LogP contribution in [0, 0.1) is 19.7 Å². The lowest BCUT2D eigenvalue weighted by molar-refractivity contribution is 0.0701. The number of carbonyl (C=O) groups is 1. The Balaban J connectivity index is 1.76. The Morgan fingerprint density at radius 3 is 2.47 bits per heavy atom. The summed E-state index contributed by atoms with van der Waals surface area (Å²) in [4.78, 5) is 28.3. The molecule has 0 saturated carbocycles. The van der Waals surface area contributed by atoms with Crippen LogP contribution >= 0.6 is 0 Å². The van der Waals surface area contributed by atoms with Crippen molar-refractivity contribution >= 4 is 16.9 Å². The number of hydrogen-bond acceptors (Lipinski definition) is 4. The summed E-state index contributed by atoms with van der Waals surface area (Å²) in [7, 11) is 0. The molecule has 6 heteroatoms. The van der Waals surface area contributed by atoms with E-state index in [0.717, 1.165) is 11.1 Å². The summed E-state index contributed by atoms with van der Waals surface area (Å²) in [6, 6.07) is 12.2. The molecule has 1 atom stereocenters. The molecule has 0 bridgehead atoms. The molecule has 3 heterocycles. The number of carbonyl (C=O) groups excluding carboxylic acids is 1. The first-order valence-electron chi connectivity index (χ1n) is 9.61. The second kappa shape index (κ2) is 6.69. The van der Waals surface area contributed by atoms with Crippen LogP contribution in [0.15, 0.2) is 68.4 Å². The van der Waals surface area contributed by atoms with E-state index in [1.165, 1.54) is 23.3 Å². The summed E-state index contributed by atoms with van der Waals surface area (Å²) in [5.74, 6) is -0.186. The second-order valence-electron chi connectivity index (χ2n) is 7.57. The topological polar surface area (TPSA) is 63.7 Å². The van der Waals surface area contributed by atoms with Crippen LogP contribution in [-0.2, 0) is 6.54 Å². The van der Waals surface area contributed by atoms with Crippen molar-refractivity contribution in [1.29, 1.82) is 0 Å². The van der Waals surface area contributed by atoms with Crippen molar-refractivity contribution in [2.45, 2.75) is 26.4 Å². The van der Waals surface area contributed by atoms with E-state index in [1.807, 2.05) is 13.8 Å². The minimum atomic E-state index is -0.694. The standard InChI is InChI=1S/C24H18FNO4/c1-13-10-18-19(11-14(13)2)30-23-20(22(18)27)21(15-5-7-16(25)8-6-15)26(24(23)28)12-17-4-3-9-29-17/h3-11,21H,12H2,1-2H3/t21-/m1/s1. The number of aryl methyl sites for hydroxylation is 2. The lowest BCUT2D eigenvalue weighted by Crippen LogP contribution is -2.29. The number of nitrogens with zero attached hydrogens (tertiary/aromatic N) is 1. The molecule has 0 aliphatic carbocycles. The fourth-order valence-corrected chi connectivity index (χ4v) is 4.00. The van der Waals surface area contributed by atoms with E-state index >= 15 is 0 Å². The summed E-state index contributed by atoms with van der Waals surface area (Å²) in [5, 5.41) is 0.427. The molecule has 30 heavy (non-hydrogen) atoms. The van der Waals surface area contributed by atoms with Crippen molar-refractivity contribution in [2.75, 3.05) is 0 Å². The van der Waals surface area contributed by atoms with E-state index in [0.29, 0.717) is 22.3 Å². The van der Waals surface area contributed by atoms with Crippen molar-refractivity contribution in [1.82, 2.24) is 4.90 Å². The highest BCUT2D eigenvalue weighted by Gasteiger charge is 2.43. The highest BCUT2D eigenvalue weighted by atomic mass is 19.1. The molecule has 2 aromatic carbocycles. The van der Waals surface area contributed by atoms with Crippen LogP contribution in [0.1, 0.15) is 44.6 Å². The Hall–Kier alpha value is -3.67. The minimum absolute atomic E-state index is 0.0247. The highest BCUT2D eigenvalue weighted by Crippen LogP contribution is 2.39. The van der Waals surface area contributed by atoms with Gasteiger partial charge in [-0.2, -0.15) is 0 Å². The smallest absolute Gasteiger partial charge is 0.291 e. The van der Waals surface area contributed by atoms with Crippen LogP contribution in [0.4, 0.5) is 4.39 Å². The van der Waals surface area contributed by atoms with E-state index in [9.17, 15) is 14.0 Å². The third-order valence-electron chi connectivity index (χ3n) is 5.67. The third kappa shape index (κ3) is 2.76. The van der Waals surface area contributed by atoms with Crippen molar-refractivity contribution < 1.29 is 18.0 Å². The molecule has 2 aromatic heterocycles. The molecule has 0 saturated heterocycles. The van der Waals surface area contributed by atoms with Gasteiger partial charge in [0, 0.05) is 0 Å². The van der Waals surface area contributed by atoms with E-state index in [2.05, 4.69) is 0 Å². The molecule has 1 amide bonds. The van der Waals surface area contributed by atoms with Crippen molar-refractivity contribution in [3.63, 3.8) is 0 Å². The number of hydrogen-bond donors (Lipinski definition) is 0. The summed E-state index contributed by atoms with van der Waals surface area (Å²) < 4.78 is 24.9. The van der Waals surface area contributed by atoms with Gasteiger partial charge in [0.05, 0.1) is 29.8 Å². The van der Waals surface area contributed by atoms with Crippen LogP contribution in [0.25, 0.3) is 11.0 Å². The van der Waals surface area contributed by atoms with Gasteiger partial charge in [-0.15, -0.1) is 0 Å². The van der Waals surface area contributed by atoms with Crippen LogP contribution < -0.4 is 5.43 Å².